The van der Waals surface area contributed by atoms with E-state index < -0.39 is 5.54 Å². The standard InChI is InChI=1S/C12H15NO2/c1-15-11(14)8-12(13)7-6-9-4-2-3-5-10(9)12/h2-5H,6-8,13H2,1H3/t12-/m0/s1. The molecule has 1 atom stereocenters. The highest BCUT2D eigenvalue weighted by atomic mass is 16.5. The molecule has 1 aliphatic carbocycles. The highest BCUT2D eigenvalue weighted by Crippen LogP contribution is 2.37. The Labute approximate surface area is 89.2 Å². The van der Waals surface area contributed by atoms with E-state index in [1.165, 1.54) is 12.7 Å². The molecule has 0 aromatic heterocycles. The van der Waals surface area contributed by atoms with E-state index in [4.69, 9.17) is 5.73 Å². The maximum atomic E-state index is 11.3. The number of nitrogens with two attached hydrogens (primary N) is 1. The van der Waals surface area contributed by atoms with Gasteiger partial charge < -0.3 is 10.5 Å². The summed E-state index contributed by atoms with van der Waals surface area (Å²) in [5, 5.41) is 0. The van der Waals surface area contributed by atoms with Gasteiger partial charge in [-0.15, -0.1) is 0 Å². The van der Waals surface area contributed by atoms with Gasteiger partial charge in [-0.25, -0.2) is 0 Å². The first-order valence-corrected chi connectivity index (χ1v) is 5.10. The van der Waals surface area contributed by atoms with Crippen LogP contribution in [0.2, 0.25) is 0 Å². The van der Waals surface area contributed by atoms with E-state index in [2.05, 4.69) is 10.8 Å². The number of methoxy groups -OCH3 is 1. The van der Waals surface area contributed by atoms with Crippen molar-refractivity contribution in [1.82, 2.24) is 0 Å². The molecule has 1 aromatic rings. The molecule has 80 valence electrons. The highest BCUT2D eigenvalue weighted by Gasteiger charge is 2.36. The molecule has 0 aliphatic heterocycles. The predicted octanol–water partition coefficient (Wildman–Crippen LogP) is 1.35. The van der Waals surface area contributed by atoms with Crippen LogP contribution in [-0.2, 0) is 21.5 Å². The van der Waals surface area contributed by atoms with E-state index in [0.29, 0.717) is 0 Å². The fourth-order valence-corrected chi connectivity index (χ4v) is 2.23. The van der Waals surface area contributed by atoms with E-state index in [0.717, 1.165) is 18.4 Å². The average Bonchev–Trinajstić information content (AvgIpc) is 2.57. The van der Waals surface area contributed by atoms with Crippen LogP contribution in [0.5, 0.6) is 0 Å². The normalized spacial score (nSPS) is 23.6. The van der Waals surface area contributed by atoms with Crippen LogP contribution in [0.1, 0.15) is 24.0 Å². The number of hydrogen-bond acceptors (Lipinski definition) is 3. The van der Waals surface area contributed by atoms with Crippen LogP contribution < -0.4 is 5.73 Å². The highest BCUT2D eigenvalue weighted by molar-refractivity contribution is 5.71. The van der Waals surface area contributed by atoms with Gasteiger partial charge in [0.1, 0.15) is 0 Å². The summed E-state index contributed by atoms with van der Waals surface area (Å²) >= 11 is 0. The van der Waals surface area contributed by atoms with Gasteiger partial charge in [-0.3, -0.25) is 4.79 Å². The van der Waals surface area contributed by atoms with Gasteiger partial charge >= 0.3 is 5.97 Å². The molecule has 0 spiro atoms. The van der Waals surface area contributed by atoms with E-state index in [1.54, 1.807) is 0 Å². The number of carbonyl (C=O) groups excluding carboxylic acids is 1. The van der Waals surface area contributed by atoms with Gasteiger partial charge in [-0.1, -0.05) is 24.3 Å². The second kappa shape index (κ2) is 3.66. The minimum atomic E-state index is -0.524. The number of esters is 1. The third kappa shape index (κ3) is 1.75. The third-order valence-electron chi connectivity index (χ3n) is 3.08. The monoisotopic (exact) mass is 205 g/mol. The molecule has 2 N–H and O–H groups in total. The Kier molecular flexibility index (Phi) is 2.49. The van der Waals surface area contributed by atoms with Crippen LogP contribution in [0.15, 0.2) is 24.3 Å². The quantitative estimate of drug-likeness (QED) is 0.741. The minimum Gasteiger partial charge on any atom is -0.469 e. The van der Waals surface area contributed by atoms with Crippen molar-refractivity contribution in [3.63, 3.8) is 0 Å². The zero-order chi connectivity index (χ0) is 10.9. The fourth-order valence-electron chi connectivity index (χ4n) is 2.23. The molecule has 0 fully saturated rings. The third-order valence-corrected chi connectivity index (χ3v) is 3.08. The zero-order valence-electron chi connectivity index (χ0n) is 8.82. The summed E-state index contributed by atoms with van der Waals surface area (Å²) in [5.74, 6) is -0.241. The minimum absolute atomic E-state index is 0.241. The zero-order valence-corrected chi connectivity index (χ0v) is 8.82. The summed E-state index contributed by atoms with van der Waals surface area (Å²) in [5.41, 5.74) is 8.07. The summed E-state index contributed by atoms with van der Waals surface area (Å²) in [7, 11) is 1.40. The Bertz CT molecular complexity index is 389. The van der Waals surface area contributed by atoms with Gasteiger partial charge in [0.2, 0.25) is 0 Å². The maximum absolute atomic E-state index is 11.3. The summed E-state index contributed by atoms with van der Waals surface area (Å²) in [4.78, 5) is 11.3. The van der Waals surface area contributed by atoms with Crippen molar-refractivity contribution in [2.75, 3.05) is 7.11 Å². The number of fused-ring (bicyclic) bond motifs is 1. The molecule has 0 heterocycles. The van der Waals surface area contributed by atoms with Gasteiger partial charge in [-0.2, -0.15) is 0 Å². The Morgan fingerprint density at radius 3 is 3.00 bits per heavy atom. The van der Waals surface area contributed by atoms with Crippen LogP contribution in [0.25, 0.3) is 0 Å². The Morgan fingerprint density at radius 1 is 1.53 bits per heavy atom. The molecular weight excluding hydrogens is 190 g/mol. The molecule has 2 rings (SSSR count). The first-order valence-electron chi connectivity index (χ1n) is 5.10. The van der Waals surface area contributed by atoms with Crippen molar-refractivity contribution >= 4 is 5.97 Å². The lowest BCUT2D eigenvalue weighted by atomic mass is 9.89. The number of hydrogen-bond donors (Lipinski definition) is 1. The van der Waals surface area contributed by atoms with Crippen molar-refractivity contribution in [2.24, 2.45) is 5.73 Å². The first-order chi connectivity index (χ1) is 7.15. The van der Waals surface area contributed by atoms with E-state index in [1.807, 2.05) is 18.2 Å². The predicted molar refractivity (Wildman–Crippen MR) is 57.3 cm³/mol. The second-order valence-electron chi connectivity index (χ2n) is 4.07. The largest absolute Gasteiger partial charge is 0.469 e. The summed E-state index contributed by atoms with van der Waals surface area (Å²) in [6, 6.07) is 8.04. The van der Waals surface area contributed by atoms with Crippen molar-refractivity contribution in [3.8, 4) is 0 Å². The number of ether oxygens (including phenoxy) is 1. The molecule has 3 nitrogen and oxygen atoms in total. The van der Waals surface area contributed by atoms with Gasteiger partial charge in [-0.05, 0) is 24.0 Å². The molecule has 0 saturated heterocycles. The topological polar surface area (TPSA) is 52.3 Å². The summed E-state index contributed by atoms with van der Waals surface area (Å²) in [6.45, 7) is 0. The van der Waals surface area contributed by atoms with Crippen LogP contribution >= 0.6 is 0 Å². The molecule has 0 unspecified atom stereocenters. The summed E-state index contributed by atoms with van der Waals surface area (Å²) in [6.07, 6.45) is 2.03. The van der Waals surface area contributed by atoms with Gasteiger partial charge in [0.15, 0.2) is 0 Å². The van der Waals surface area contributed by atoms with Crippen LogP contribution in [0, 0.1) is 0 Å². The molecule has 0 amide bonds. The molecule has 1 aliphatic rings. The fraction of sp³-hybridized carbons (Fsp3) is 0.417. The van der Waals surface area contributed by atoms with E-state index >= 15 is 0 Å². The lowest BCUT2D eigenvalue weighted by Crippen LogP contribution is -2.36. The number of carbonyl (C=O) groups is 1. The maximum Gasteiger partial charge on any atom is 0.307 e. The van der Waals surface area contributed by atoms with Crippen molar-refractivity contribution in [1.29, 1.82) is 0 Å². The number of benzene rings is 1. The van der Waals surface area contributed by atoms with E-state index in [9.17, 15) is 4.79 Å². The molecule has 0 saturated carbocycles. The lowest BCUT2D eigenvalue weighted by molar-refractivity contribution is -0.142. The van der Waals surface area contributed by atoms with Crippen LogP contribution in [0.3, 0.4) is 0 Å². The van der Waals surface area contributed by atoms with Crippen LogP contribution in [0.4, 0.5) is 0 Å². The molecular formula is C12H15NO2. The average molecular weight is 205 g/mol. The molecule has 0 radical (unpaired) electrons. The van der Waals surface area contributed by atoms with Crippen molar-refractivity contribution < 1.29 is 9.53 Å². The lowest BCUT2D eigenvalue weighted by Gasteiger charge is -2.23. The summed E-state index contributed by atoms with van der Waals surface area (Å²) < 4.78 is 4.67. The Morgan fingerprint density at radius 2 is 2.27 bits per heavy atom. The SMILES string of the molecule is COC(=O)C[C@@]1(N)CCc2ccccc21. The first kappa shape index (κ1) is 10.2. The van der Waals surface area contributed by atoms with Gasteiger partial charge in [0, 0.05) is 0 Å². The molecule has 0 bridgehead atoms. The van der Waals surface area contributed by atoms with Crippen molar-refractivity contribution in [2.45, 2.75) is 24.8 Å². The molecule has 3 heteroatoms. The Balaban J connectivity index is 2.28. The Hall–Kier alpha value is -1.35. The molecule has 15 heavy (non-hydrogen) atoms. The second-order valence-corrected chi connectivity index (χ2v) is 4.07. The molecule has 1 aromatic carbocycles. The van der Waals surface area contributed by atoms with Crippen molar-refractivity contribution in [3.05, 3.63) is 35.4 Å². The van der Waals surface area contributed by atoms with E-state index in [-0.39, 0.29) is 12.4 Å². The smallest absolute Gasteiger partial charge is 0.307 e. The van der Waals surface area contributed by atoms with Crippen LogP contribution in [-0.4, -0.2) is 13.1 Å². The van der Waals surface area contributed by atoms with Gasteiger partial charge in [0.05, 0.1) is 19.1 Å². The number of aryl methyl sites for hydroxylation is 1. The van der Waals surface area contributed by atoms with Gasteiger partial charge in [0.25, 0.3) is 0 Å². The number of rotatable bonds is 2.